The van der Waals surface area contributed by atoms with Gasteiger partial charge < -0.3 is 15.0 Å². The van der Waals surface area contributed by atoms with E-state index in [-0.39, 0.29) is 0 Å². The minimum atomic E-state index is 0.470. The molecule has 1 aromatic rings. The van der Waals surface area contributed by atoms with Crippen LogP contribution in [0.2, 0.25) is 0 Å². The second-order valence-electron chi connectivity index (χ2n) is 4.83. The Bertz CT molecular complexity index is 389. The molecule has 1 aromatic heterocycles. The Morgan fingerprint density at radius 1 is 1.39 bits per heavy atom. The van der Waals surface area contributed by atoms with E-state index in [1.165, 1.54) is 0 Å². The van der Waals surface area contributed by atoms with Crippen LogP contribution in [0.5, 0.6) is 5.88 Å². The summed E-state index contributed by atoms with van der Waals surface area (Å²) in [4.78, 5) is 11.1. The lowest BCUT2D eigenvalue weighted by molar-refractivity contribution is 0.263. The van der Waals surface area contributed by atoms with Crippen molar-refractivity contribution in [2.45, 2.75) is 32.7 Å². The molecule has 0 atom stereocenters. The van der Waals surface area contributed by atoms with E-state index in [4.69, 9.17) is 4.74 Å². The fourth-order valence-electron chi connectivity index (χ4n) is 2.16. The maximum absolute atomic E-state index is 5.43. The second-order valence-corrected chi connectivity index (χ2v) is 4.83. The molecule has 1 fully saturated rings. The first-order valence-electron chi connectivity index (χ1n) is 6.61. The Labute approximate surface area is 109 Å². The highest BCUT2D eigenvalue weighted by Crippen LogP contribution is 2.16. The van der Waals surface area contributed by atoms with Gasteiger partial charge in [-0.2, -0.15) is 4.98 Å². The van der Waals surface area contributed by atoms with E-state index < -0.39 is 0 Å². The Morgan fingerprint density at radius 3 is 2.78 bits per heavy atom. The maximum Gasteiger partial charge on any atom is 0.226 e. The van der Waals surface area contributed by atoms with E-state index in [1.807, 2.05) is 19.9 Å². The molecule has 2 rings (SSSR count). The number of hydrogen-bond donors (Lipinski definition) is 1. The summed E-state index contributed by atoms with van der Waals surface area (Å²) in [5.74, 6) is 1.34. The molecule has 2 heterocycles. The number of nitrogens with one attached hydrogen (secondary N) is 1. The first-order valence-corrected chi connectivity index (χ1v) is 6.61. The zero-order valence-corrected chi connectivity index (χ0v) is 11.4. The summed E-state index contributed by atoms with van der Waals surface area (Å²) in [6, 6.07) is 2.33. The molecule has 1 saturated heterocycles. The minimum absolute atomic E-state index is 0.470. The SMILES string of the molecule is CCOc1cc(C)nc(NC2CCN(C)CC2)n1. The molecule has 0 radical (unpaired) electrons. The van der Waals surface area contributed by atoms with Crippen LogP contribution in [0.25, 0.3) is 0 Å². The normalized spacial score (nSPS) is 17.7. The number of piperidine rings is 1. The second kappa shape index (κ2) is 6.00. The average Bonchev–Trinajstić information content (AvgIpc) is 2.32. The van der Waals surface area contributed by atoms with Gasteiger partial charge in [-0.1, -0.05) is 0 Å². The van der Waals surface area contributed by atoms with Crippen molar-refractivity contribution in [2.75, 3.05) is 32.1 Å². The van der Waals surface area contributed by atoms with Crippen molar-refractivity contribution in [1.82, 2.24) is 14.9 Å². The summed E-state index contributed by atoms with van der Waals surface area (Å²) >= 11 is 0. The minimum Gasteiger partial charge on any atom is -0.478 e. The summed E-state index contributed by atoms with van der Waals surface area (Å²) in [5, 5.41) is 3.41. The van der Waals surface area contributed by atoms with Gasteiger partial charge in [0.2, 0.25) is 11.8 Å². The van der Waals surface area contributed by atoms with Gasteiger partial charge in [0.1, 0.15) is 0 Å². The molecule has 5 nitrogen and oxygen atoms in total. The molecule has 1 aliphatic rings. The lowest BCUT2D eigenvalue weighted by Gasteiger charge is -2.29. The van der Waals surface area contributed by atoms with Gasteiger partial charge in [-0.15, -0.1) is 0 Å². The van der Waals surface area contributed by atoms with Gasteiger partial charge >= 0.3 is 0 Å². The number of rotatable bonds is 4. The van der Waals surface area contributed by atoms with Gasteiger partial charge in [0.05, 0.1) is 6.61 Å². The van der Waals surface area contributed by atoms with Crippen molar-refractivity contribution in [3.05, 3.63) is 11.8 Å². The molecule has 100 valence electrons. The topological polar surface area (TPSA) is 50.3 Å². The van der Waals surface area contributed by atoms with E-state index in [1.54, 1.807) is 0 Å². The van der Waals surface area contributed by atoms with Gasteiger partial charge in [0.15, 0.2) is 0 Å². The number of nitrogens with zero attached hydrogens (tertiary/aromatic N) is 3. The number of aromatic nitrogens is 2. The predicted octanol–water partition coefficient (Wildman–Crippen LogP) is 1.69. The van der Waals surface area contributed by atoms with Crippen LogP contribution in [0, 0.1) is 6.92 Å². The van der Waals surface area contributed by atoms with Crippen LogP contribution in [0.1, 0.15) is 25.5 Å². The number of likely N-dealkylation sites (tertiary alicyclic amines) is 1. The molecule has 18 heavy (non-hydrogen) atoms. The third-order valence-electron chi connectivity index (χ3n) is 3.17. The van der Waals surface area contributed by atoms with Crippen molar-refractivity contribution < 1.29 is 4.74 Å². The molecule has 0 spiro atoms. The largest absolute Gasteiger partial charge is 0.478 e. The molecular weight excluding hydrogens is 228 g/mol. The molecule has 1 N–H and O–H groups in total. The third kappa shape index (κ3) is 3.57. The quantitative estimate of drug-likeness (QED) is 0.881. The molecule has 0 amide bonds. The predicted molar refractivity (Wildman–Crippen MR) is 72.1 cm³/mol. The molecule has 0 bridgehead atoms. The van der Waals surface area contributed by atoms with Crippen LogP contribution >= 0.6 is 0 Å². The average molecular weight is 250 g/mol. The number of anilines is 1. The summed E-state index contributed by atoms with van der Waals surface area (Å²) in [6.07, 6.45) is 2.27. The first kappa shape index (κ1) is 13.1. The fraction of sp³-hybridized carbons (Fsp3) is 0.692. The van der Waals surface area contributed by atoms with Crippen molar-refractivity contribution >= 4 is 5.95 Å². The molecular formula is C13H22N4O. The third-order valence-corrected chi connectivity index (χ3v) is 3.17. The number of ether oxygens (including phenoxy) is 1. The van der Waals surface area contributed by atoms with E-state index in [9.17, 15) is 0 Å². The lowest BCUT2D eigenvalue weighted by atomic mass is 10.1. The van der Waals surface area contributed by atoms with Gasteiger partial charge in [0, 0.05) is 17.8 Å². The molecule has 0 unspecified atom stereocenters. The smallest absolute Gasteiger partial charge is 0.226 e. The summed E-state index contributed by atoms with van der Waals surface area (Å²) in [6.45, 7) is 6.80. The Balaban J connectivity index is 2.00. The van der Waals surface area contributed by atoms with Crippen LogP contribution < -0.4 is 10.1 Å². The highest BCUT2D eigenvalue weighted by Gasteiger charge is 2.17. The van der Waals surface area contributed by atoms with Crippen molar-refractivity contribution in [1.29, 1.82) is 0 Å². The van der Waals surface area contributed by atoms with Crippen molar-refractivity contribution in [3.8, 4) is 5.88 Å². The summed E-state index contributed by atoms with van der Waals surface area (Å²) < 4.78 is 5.43. The zero-order chi connectivity index (χ0) is 13.0. The molecule has 0 aliphatic carbocycles. The van der Waals surface area contributed by atoms with Crippen LogP contribution in [-0.2, 0) is 0 Å². The van der Waals surface area contributed by atoms with E-state index in [0.717, 1.165) is 31.6 Å². The van der Waals surface area contributed by atoms with Crippen LogP contribution in [0.15, 0.2) is 6.07 Å². The van der Waals surface area contributed by atoms with Gasteiger partial charge in [-0.25, -0.2) is 4.98 Å². The standard InChI is InChI=1S/C13H22N4O/c1-4-18-12-9-10(2)14-13(16-12)15-11-5-7-17(3)8-6-11/h9,11H,4-8H2,1-3H3,(H,14,15,16). The van der Waals surface area contributed by atoms with E-state index in [2.05, 4.69) is 27.2 Å². The van der Waals surface area contributed by atoms with Crippen LogP contribution in [0.4, 0.5) is 5.95 Å². The number of aryl methyl sites for hydroxylation is 1. The maximum atomic E-state index is 5.43. The first-order chi connectivity index (χ1) is 8.67. The lowest BCUT2D eigenvalue weighted by Crippen LogP contribution is -2.37. The zero-order valence-electron chi connectivity index (χ0n) is 11.4. The van der Waals surface area contributed by atoms with E-state index in [0.29, 0.717) is 24.5 Å². The molecule has 0 aromatic carbocycles. The van der Waals surface area contributed by atoms with Gasteiger partial charge in [-0.3, -0.25) is 0 Å². The monoisotopic (exact) mass is 250 g/mol. The Kier molecular flexibility index (Phi) is 4.36. The molecule has 0 saturated carbocycles. The van der Waals surface area contributed by atoms with Gasteiger partial charge in [-0.05, 0) is 46.8 Å². The van der Waals surface area contributed by atoms with Crippen LogP contribution in [-0.4, -0.2) is 47.7 Å². The van der Waals surface area contributed by atoms with Crippen molar-refractivity contribution in [2.24, 2.45) is 0 Å². The Morgan fingerprint density at radius 2 is 2.11 bits per heavy atom. The summed E-state index contributed by atoms with van der Waals surface area (Å²) in [7, 11) is 2.16. The van der Waals surface area contributed by atoms with Gasteiger partial charge in [0.25, 0.3) is 0 Å². The molecule has 5 heteroatoms. The highest BCUT2D eigenvalue weighted by atomic mass is 16.5. The van der Waals surface area contributed by atoms with Crippen LogP contribution in [0.3, 0.4) is 0 Å². The fourth-order valence-corrected chi connectivity index (χ4v) is 2.16. The van der Waals surface area contributed by atoms with Crippen molar-refractivity contribution in [3.63, 3.8) is 0 Å². The summed E-state index contributed by atoms with van der Waals surface area (Å²) in [5.41, 5.74) is 0.934. The Hall–Kier alpha value is -1.36. The van der Waals surface area contributed by atoms with E-state index >= 15 is 0 Å². The molecule has 1 aliphatic heterocycles. The number of hydrogen-bond acceptors (Lipinski definition) is 5. The highest BCUT2D eigenvalue weighted by molar-refractivity contribution is 5.31.